The van der Waals surface area contributed by atoms with Crippen molar-refractivity contribution in [2.24, 2.45) is 0 Å². The molecular formula is C15H21N5O3. The first-order valence-corrected chi connectivity index (χ1v) is 7.55. The molecule has 1 amide bonds. The van der Waals surface area contributed by atoms with E-state index in [9.17, 15) is 9.59 Å². The van der Waals surface area contributed by atoms with Gasteiger partial charge in [-0.25, -0.2) is 9.50 Å². The molecule has 0 fully saturated rings. The third-order valence-electron chi connectivity index (χ3n) is 3.79. The van der Waals surface area contributed by atoms with Crippen LogP contribution in [0.4, 0.5) is 0 Å². The highest BCUT2D eigenvalue weighted by Crippen LogP contribution is 2.14. The van der Waals surface area contributed by atoms with E-state index in [1.54, 1.807) is 11.4 Å². The van der Waals surface area contributed by atoms with Crippen molar-refractivity contribution in [1.29, 1.82) is 0 Å². The molecule has 2 aromatic rings. The molecule has 2 heterocycles. The molecule has 0 bridgehead atoms. The second-order valence-corrected chi connectivity index (χ2v) is 5.63. The van der Waals surface area contributed by atoms with Crippen LogP contribution in [0.3, 0.4) is 0 Å². The number of nitrogens with one attached hydrogen (secondary N) is 1. The molecule has 0 radical (unpaired) electrons. The molecule has 0 spiro atoms. The number of carboxylic acids is 1. The van der Waals surface area contributed by atoms with Gasteiger partial charge in [0.05, 0.1) is 0 Å². The van der Waals surface area contributed by atoms with Gasteiger partial charge in [-0.05, 0) is 39.2 Å². The Morgan fingerprint density at radius 2 is 2.09 bits per heavy atom. The topological polar surface area (TPSA) is 109 Å². The summed E-state index contributed by atoms with van der Waals surface area (Å²) in [6, 6.07) is -0.156. The van der Waals surface area contributed by atoms with Crippen molar-refractivity contribution < 1.29 is 14.7 Å². The Balaban J connectivity index is 1.95. The van der Waals surface area contributed by atoms with Crippen LogP contribution in [0, 0.1) is 13.8 Å². The van der Waals surface area contributed by atoms with Crippen LogP contribution < -0.4 is 5.32 Å². The maximum absolute atomic E-state index is 12.0. The zero-order valence-electron chi connectivity index (χ0n) is 13.5. The van der Waals surface area contributed by atoms with E-state index in [0.717, 1.165) is 17.0 Å². The Hall–Kier alpha value is -2.51. The predicted octanol–water partition coefficient (Wildman–Crippen LogP) is 1.04. The van der Waals surface area contributed by atoms with E-state index in [0.29, 0.717) is 25.0 Å². The first-order valence-electron chi connectivity index (χ1n) is 7.55. The monoisotopic (exact) mass is 319 g/mol. The van der Waals surface area contributed by atoms with Crippen molar-refractivity contribution in [1.82, 2.24) is 24.9 Å². The number of amides is 1. The molecule has 2 rings (SSSR count). The number of aromatic nitrogens is 4. The summed E-state index contributed by atoms with van der Waals surface area (Å²) in [6.07, 6.45) is 2.80. The van der Waals surface area contributed by atoms with E-state index in [2.05, 4.69) is 20.4 Å². The smallest absolute Gasteiger partial charge is 0.303 e. The SMILES string of the molecule is Cc1nc2ncnn2c(C)c1CCC(=O)NC(C)CCC(=O)O. The summed E-state index contributed by atoms with van der Waals surface area (Å²) >= 11 is 0. The molecule has 0 aromatic carbocycles. The number of carbonyl (C=O) groups excluding carboxylic acids is 1. The van der Waals surface area contributed by atoms with E-state index >= 15 is 0 Å². The number of hydrogen-bond donors (Lipinski definition) is 2. The third-order valence-corrected chi connectivity index (χ3v) is 3.79. The highest BCUT2D eigenvalue weighted by molar-refractivity contribution is 5.76. The van der Waals surface area contributed by atoms with Crippen molar-refractivity contribution in [3.05, 3.63) is 23.3 Å². The van der Waals surface area contributed by atoms with Gasteiger partial charge in [0.2, 0.25) is 5.91 Å². The summed E-state index contributed by atoms with van der Waals surface area (Å²) in [6.45, 7) is 5.63. The van der Waals surface area contributed by atoms with E-state index in [1.807, 2.05) is 13.8 Å². The van der Waals surface area contributed by atoms with Gasteiger partial charge in [0.1, 0.15) is 6.33 Å². The van der Waals surface area contributed by atoms with Gasteiger partial charge in [-0.15, -0.1) is 0 Å². The van der Waals surface area contributed by atoms with Gasteiger partial charge < -0.3 is 10.4 Å². The molecule has 1 unspecified atom stereocenters. The number of nitrogens with zero attached hydrogens (tertiary/aromatic N) is 4. The minimum absolute atomic E-state index is 0.0482. The lowest BCUT2D eigenvalue weighted by Gasteiger charge is -2.14. The molecule has 124 valence electrons. The summed E-state index contributed by atoms with van der Waals surface area (Å²) in [5.74, 6) is -0.402. The van der Waals surface area contributed by atoms with Crippen LogP contribution in [0.1, 0.15) is 43.1 Å². The second kappa shape index (κ2) is 7.17. The van der Waals surface area contributed by atoms with Crippen LogP contribution in [-0.2, 0) is 16.0 Å². The molecule has 0 saturated carbocycles. The molecule has 0 saturated heterocycles. The first kappa shape index (κ1) is 16.9. The van der Waals surface area contributed by atoms with Gasteiger partial charge in [-0.1, -0.05) is 0 Å². The van der Waals surface area contributed by atoms with Crippen molar-refractivity contribution >= 4 is 17.7 Å². The zero-order chi connectivity index (χ0) is 17.0. The Morgan fingerprint density at radius 1 is 1.35 bits per heavy atom. The summed E-state index contributed by atoms with van der Waals surface area (Å²) < 4.78 is 1.66. The van der Waals surface area contributed by atoms with Gasteiger partial charge in [0.15, 0.2) is 0 Å². The number of carboxylic acid groups (broad SMARTS) is 1. The summed E-state index contributed by atoms with van der Waals surface area (Å²) in [4.78, 5) is 31.0. The fourth-order valence-corrected chi connectivity index (χ4v) is 2.51. The Morgan fingerprint density at radius 3 is 2.78 bits per heavy atom. The number of aliphatic carboxylic acids is 1. The van der Waals surface area contributed by atoms with Gasteiger partial charge >= 0.3 is 5.97 Å². The second-order valence-electron chi connectivity index (χ2n) is 5.63. The van der Waals surface area contributed by atoms with Crippen LogP contribution in [0.5, 0.6) is 0 Å². The standard InChI is InChI=1S/C15H21N5O3/c1-9(4-7-14(22)23)18-13(21)6-5-12-10(2)19-15-16-8-17-20(15)11(12)3/h8-9H,4-7H2,1-3H3,(H,18,21)(H,22,23). The predicted molar refractivity (Wildman–Crippen MR) is 83.1 cm³/mol. The molecule has 0 aliphatic heterocycles. The number of aryl methyl sites for hydroxylation is 2. The fraction of sp³-hybridized carbons (Fsp3) is 0.533. The minimum Gasteiger partial charge on any atom is -0.481 e. The van der Waals surface area contributed by atoms with Crippen LogP contribution in [-0.4, -0.2) is 42.6 Å². The van der Waals surface area contributed by atoms with Crippen LogP contribution >= 0.6 is 0 Å². The van der Waals surface area contributed by atoms with Crippen molar-refractivity contribution in [3.8, 4) is 0 Å². The van der Waals surface area contributed by atoms with Crippen LogP contribution in [0.2, 0.25) is 0 Å². The Labute approximate surface area is 133 Å². The van der Waals surface area contributed by atoms with E-state index in [4.69, 9.17) is 5.11 Å². The average molecular weight is 319 g/mol. The van der Waals surface area contributed by atoms with E-state index < -0.39 is 5.97 Å². The van der Waals surface area contributed by atoms with Crippen molar-refractivity contribution in [2.75, 3.05) is 0 Å². The molecule has 1 atom stereocenters. The quantitative estimate of drug-likeness (QED) is 0.789. The van der Waals surface area contributed by atoms with Gasteiger partial charge in [0, 0.05) is 30.3 Å². The molecule has 8 nitrogen and oxygen atoms in total. The largest absolute Gasteiger partial charge is 0.481 e. The molecular weight excluding hydrogens is 298 g/mol. The van der Waals surface area contributed by atoms with Gasteiger partial charge in [0.25, 0.3) is 5.78 Å². The maximum Gasteiger partial charge on any atom is 0.303 e. The highest BCUT2D eigenvalue weighted by atomic mass is 16.4. The van der Waals surface area contributed by atoms with Crippen molar-refractivity contribution in [3.63, 3.8) is 0 Å². The minimum atomic E-state index is -0.857. The Kier molecular flexibility index (Phi) is 5.25. The summed E-state index contributed by atoms with van der Waals surface area (Å²) in [5.41, 5.74) is 2.75. The van der Waals surface area contributed by atoms with E-state index in [1.165, 1.54) is 6.33 Å². The third kappa shape index (κ3) is 4.24. The maximum atomic E-state index is 12.0. The Bertz CT molecular complexity index is 725. The lowest BCUT2D eigenvalue weighted by Crippen LogP contribution is -2.33. The number of rotatable bonds is 7. The molecule has 2 N–H and O–H groups in total. The first-order chi connectivity index (χ1) is 10.9. The molecule has 8 heteroatoms. The summed E-state index contributed by atoms with van der Waals surface area (Å²) in [7, 11) is 0. The van der Waals surface area contributed by atoms with Gasteiger partial charge in [-0.3, -0.25) is 9.59 Å². The highest BCUT2D eigenvalue weighted by Gasteiger charge is 2.14. The fourth-order valence-electron chi connectivity index (χ4n) is 2.51. The average Bonchev–Trinajstić information content (AvgIpc) is 2.93. The molecule has 2 aromatic heterocycles. The van der Waals surface area contributed by atoms with Gasteiger partial charge in [-0.2, -0.15) is 10.1 Å². The normalized spacial score (nSPS) is 12.3. The number of hydrogen-bond acceptors (Lipinski definition) is 5. The van der Waals surface area contributed by atoms with E-state index in [-0.39, 0.29) is 18.4 Å². The molecule has 23 heavy (non-hydrogen) atoms. The lowest BCUT2D eigenvalue weighted by atomic mass is 10.1. The number of fused-ring (bicyclic) bond motifs is 1. The number of carbonyl (C=O) groups is 2. The molecule has 0 aliphatic carbocycles. The lowest BCUT2D eigenvalue weighted by molar-refractivity contribution is -0.137. The van der Waals surface area contributed by atoms with Crippen LogP contribution in [0.15, 0.2) is 6.33 Å². The molecule has 0 aliphatic rings. The summed E-state index contributed by atoms with van der Waals surface area (Å²) in [5, 5.41) is 15.6. The zero-order valence-corrected chi connectivity index (χ0v) is 13.5. The van der Waals surface area contributed by atoms with Crippen LogP contribution in [0.25, 0.3) is 5.78 Å². The van der Waals surface area contributed by atoms with Crippen molar-refractivity contribution in [2.45, 2.75) is 52.5 Å².